The van der Waals surface area contributed by atoms with Crippen molar-refractivity contribution in [3.8, 4) is 11.5 Å². The Morgan fingerprint density at radius 2 is 0.935 bits per heavy atom. The van der Waals surface area contributed by atoms with Crippen molar-refractivity contribution in [2.45, 2.75) is 13.8 Å². The van der Waals surface area contributed by atoms with E-state index in [1.165, 1.54) is 0 Å². The van der Waals surface area contributed by atoms with Crippen LogP contribution in [0.4, 0.5) is 11.4 Å². The molecule has 0 radical (unpaired) electrons. The molecule has 0 bridgehead atoms. The Kier molecular flexibility index (Phi) is 7.06. The van der Waals surface area contributed by atoms with Crippen LogP contribution in [-0.4, -0.2) is 21.6 Å². The molecular formula is C26H22N2O2Ti. The summed E-state index contributed by atoms with van der Waals surface area (Å²) in [6.07, 6.45) is 0. The van der Waals surface area contributed by atoms with Crippen molar-refractivity contribution >= 4 is 33.6 Å². The third kappa shape index (κ3) is 4.93. The van der Waals surface area contributed by atoms with E-state index >= 15 is 0 Å². The molecule has 0 spiro atoms. The first-order valence-electron chi connectivity index (χ1n) is 9.73. The van der Waals surface area contributed by atoms with Gasteiger partial charge >= 0.3 is 0 Å². The Balaban J connectivity index is 0.00000272. The van der Waals surface area contributed by atoms with E-state index in [2.05, 4.69) is 0 Å². The van der Waals surface area contributed by atoms with Gasteiger partial charge in [-0.25, -0.2) is 0 Å². The van der Waals surface area contributed by atoms with Gasteiger partial charge in [0.1, 0.15) is 11.5 Å². The molecular weight excluding hydrogens is 420 g/mol. The molecule has 0 saturated heterocycles. The minimum Gasteiger partial charge on any atom is -0.507 e. The second-order valence-corrected chi connectivity index (χ2v) is 7.12. The maximum atomic E-state index is 10.2. The van der Waals surface area contributed by atoms with Gasteiger partial charge in [0.2, 0.25) is 0 Å². The first kappa shape index (κ1) is 22.5. The predicted molar refractivity (Wildman–Crippen MR) is 124 cm³/mol. The van der Waals surface area contributed by atoms with Crippen LogP contribution in [0.25, 0.3) is 10.8 Å². The summed E-state index contributed by atoms with van der Waals surface area (Å²) < 4.78 is 0. The van der Waals surface area contributed by atoms with Crippen LogP contribution in [0.2, 0.25) is 0 Å². The van der Waals surface area contributed by atoms with Crippen LogP contribution in [0.15, 0.2) is 94.9 Å². The molecule has 0 atom stereocenters. The normalized spacial score (nSPS) is 11.9. The van der Waals surface area contributed by atoms with Crippen LogP contribution in [0.3, 0.4) is 0 Å². The third-order valence-corrected chi connectivity index (χ3v) is 5.01. The van der Waals surface area contributed by atoms with Gasteiger partial charge < -0.3 is 10.2 Å². The van der Waals surface area contributed by atoms with Gasteiger partial charge in [-0.1, -0.05) is 48.5 Å². The molecule has 4 nitrogen and oxygen atoms in total. The van der Waals surface area contributed by atoms with Gasteiger partial charge in [0.15, 0.2) is 0 Å². The average molecular weight is 442 g/mol. The van der Waals surface area contributed by atoms with E-state index in [0.717, 1.165) is 10.8 Å². The van der Waals surface area contributed by atoms with Gasteiger partial charge in [-0.3, -0.25) is 9.98 Å². The van der Waals surface area contributed by atoms with Crippen molar-refractivity contribution in [3.63, 3.8) is 0 Å². The van der Waals surface area contributed by atoms with Gasteiger partial charge in [0.25, 0.3) is 0 Å². The number of benzene rings is 4. The molecule has 152 valence electrons. The number of para-hydroxylation sites is 2. The number of hydrogen-bond donors (Lipinski definition) is 2. The minimum absolute atomic E-state index is 0. The van der Waals surface area contributed by atoms with Crippen LogP contribution >= 0.6 is 0 Å². The fourth-order valence-corrected chi connectivity index (χ4v) is 3.44. The Morgan fingerprint density at radius 3 is 1.32 bits per heavy atom. The predicted octanol–water partition coefficient (Wildman–Crippen LogP) is 6.53. The van der Waals surface area contributed by atoms with E-state index in [0.29, 0.717) is 33.9 Å². The van der Waals surface area contributed by atoms with Crippen LogP contribution < -0.4 is 0 Å². The Labute approximate surface area is 196 Å². The summed E-state index contributed by atoms with van der Waals surface area (Å²) in [7, 11) is 0. The number of aliphatic imine (C=N–C) groups is 2. The van der Waals surface area contributed by atoms with Crippen molar-refractivity contribution < 1.29 is 31.9 Å². The summed E-state index contributed by atoms with van der Waals surface area (Å²) in [5, 5.41) is 22.5. The molecule has 0 amide bonds. The topological polar surface area (TPSA) is 65.2 Å². The van der Waals surface area contributed by atoms with Crippen molar-refractivity contribution in [2.75, 3.05) is 0 Å². The maximum absolute atomic E-state index is 10.2. The molecule has 5 heteroatoms. The van der Waals surface area contributed by atoms with Crippen molar-refractivity contribution in [1.82, 2.24) is 0 Å². The smallest absolute Gasteiger partial charge is 0.124 e. The van der Waals surface area contributed by atoms with Crippen LogP contribution in [-0.2, 0) is 21.7 Å². The zero-order valence-electron chi connectivity index (χ0n) is 17.4. The zero-order chi connectivity index (χ0) is 21.1. The Hall–Kier alpha value is -3.21. The SMILES string of the molecule is CC(=Nc1cc2ccccc2cc1N=C(C)c1ccccc1O)c1ccccc1O.[Ti]. The van der Waals surface area contributed by atoms with Crippen LogP contribution in [0.5, 0.6) is 11.5 Å². The summed E-state index contributed by atoms with van der Waals surface area (Å²) in [5.74, 6) is 0.380. The molecule has 0 unspecified atom stereocenters. The number of rotatable bonds is 4. The third-order valence-electron chi connectivity index (χ3n) is 5.01. The van der Waals surface area contributed by atoms with Crippen molar-refractivity contribution in [3.05, 3.63) is 96.1 Å². The van der Waals surface area contributed by atoms with E-state index < -0.39 is 0 Å². The molecule has 0 aliphatic rings. The Morgan fingerprint density at radius 1 is 0.581 bits per heavy atom. The van der Waals surface area contributed by atoms with Crippen LogP contribution in [0.1, 0.15) is 25.0 Å². The number of hydrogen-bond acceptors (Lipinski definition) is 4. The fraction of sp³-hybridized carbons (Fsp3) is 0.0769. The quantitative estimate of drug-likeness (QED) is 0.279. The number of phenolic OH excluding ortho intramolecular Hbond substituents is 2. The largest absolute Gasteiger partial charge is 0.507 e. The molecule has 31 heavy (non-hydrogen) atoms. The Bertz CT molecular complexity index is 1200. The monoisotopic (exact) mass is 442 g/mol. The first-order valence-corrected chi connectivity index (χ1v) is 9.73. The first-order chi connectivity index (χ1) is 14.5. The second kappa shape index (κ2) is 9.73. The number of fused-ring (bicyclic) bond motifs is 1. The summed E-state index contributed by atoms with van der Waals surface area (Å²) in [4.78, 5) is 9.59. The molecule has 0 saturated carbocycles. The van der Waals surface area contributed by atoms with Crippen molar-refractivity contribution in [1.29, 1.82) is 0 Å². The molecule has 2 N–H and O–H groups in total. The standard InChI is InChI=1S/C26H22N2O2.Ti/c1-17(21-11-5-7-13-25(21)29)27-23-15-19-9-3-4-10-20(19)16-24(23)28-18(2)22-12-6-8-14-26(22)30;/h3-16,29-30H,1-2H3;. The number of aromatic hydroxyl groups is 2. The van der Waals surface area contributed by atoms with Gasteiger partial charge in [0, 0.05) is 44.3 Å². The molecule has 4 rings (SSSR count). The number of phenols is 2. The van der Waals surface area contributed by atoms with Gasteiger partial charge in [0.05, 0.1) is 11.4 Å². The van der Waals surface area contributed by atoms with E-state index in [1.807, 2.05) is 74.5 Å². The summed E-state index contributed by atoms with van der Waals surface area (Å²) in [5.41, 5.74) is 4.14. The van der Waals surface area contributed by atoms with Gasteiger partial charge in [-0.15, -0.1) is 0 Å². The maximum Gasteiger partial charge on any atom is 0.124 e. The van der Waals surface area contributed by atoms with E-state index in [-0.39, 0.29) is 33.2 Å². The van der Waals surface area contributed by atoms with Crippen LogP contribution in [0, 0.1) is 0 Å². The summed E-state index contributed by atoms with van der Waals surface area (Å²) >= 11 is 0. The molecule has 0 fully saturated rings. The molecule has 0 aromatic heterocycles. The van der Waals surface area contributed by atoms with Gasteiger partial charge in [-0.05, 0) is 61.0 Å². The average Bonchev–Trinajstić information content (AvgIpc) is 2.74. The fourth-order valence-electron chi connectivity index (χ4n) is 3.44. The summed E-state index contributed by atoms with van der Waals surface area (Å²) in [6.45, 7) is 3.74. The number of nitrogens with zero attached hydrogens (tertiary/aromatic N) is 2. The van der Waals surface area contributed by atoms with Crippen molar-refractivity contribution in [2.24, 2.45) is 9.98 Å². The molecule has 0 aliphatic carbocycles. The summed E-state index contributed by atoms with van der Waals surface area (Å²) in [6, 6.07) is 26.3. The second-order valence-electron chi connectivity index (χ2n) is 7.12. The van der Waals surface area contributed by atoms with E-state index in [4.69, 9.17) is 9.98 Å². The molecule has 4 aromatic carbocycles. The van der Waals surface area contributed by atoms with Gasteiger partial charge in [-0.2, -0.15) is 0 Å². The van der Waals surface area contributed by atoms with E-state index in [1.54, 1.807) is 24.3 Å². The minimum atomic E-state index is 0. The van der Waals surface area contributed by atoms with E-state index in [9.17, 15) is 10.2 Å². The molecule has 0 heterocycles. The zero-order valence-corrected chi connectivity index (χ0v) is 18.9. The molecule has 4 aromatic rings. The molecule has 0 aliphatic heterocycles.